The highest BCUT2D eigenvalue weighted by molar-refractivity contribution is 9.10. The molecule has 1 aromatic rings. The van der Waals surface area contributed by atoms with Crippen molar-refractivity contribution in [2.45, 2.75) is 38.6 Å². The second kappa shape index (κ2) is 7.16. The number of benzene rings is 1. The Balaban J connectivity index is 2.32. The molecule has 0 aliphatic heterocycles. The molecule has 5 heteroatoms. The molecule has 0 heterocycles. The monoisotopic (exact) mass is 355 g/mol. The van der Waals surface area contributed by atoms with Crippen molar-refractivity contribution in [1.82, 2.24) is 4.90 Å². The summed E-state index contributed by atoms with van der Waals surface area (Å²) >= 11 is 3.43. The molecule has 0 N–H and O–H groups in total. The Labute approximate surface area is 134 Å². The topological polar surface area (TPSA) is 38.8 Å². The molecule has 4 nitrogen and oxygen atoms in total. The van der Waals surface area contributed by atoms with Crippen LogP contribution >= 0.6 is 15.9 Å². The Bertz CT molecular complexity index is 487. The van der Waals surface area contributed by atoms with Gasteiger partial charge >= 0.3 is 0 Å². The normalized spacial score (nSPS) is 15.0. The van der Waals surface area contributed by atoms with Crippen LogP contribution in [0.15, 0.2) is 16.6 Å². The lowest BCUT2D eigenvalue weighted by molar-refractivity contribution is 0.0693. The number of methoxy groups -OCH3 is 2. The van der Waals surface area contributed by atoms with Gasteiger partial charge in [-0.15, -0.1) is 0 Å². The largest absolute Gasteiger partial charge is 0.495 e. The van der Waals surface area contributed by atoms with Crippen molar-refractivity contribution in [2.75, 3.05) is 20.8 Å². The molecule has 116 valence electrons. The van der Waals surface area contributed by atoms with Crippen molar-refractivity contribution in [3.8, 4) is 11.5 Å². The maximum Gasteiger partial charge on any atom is 0.254 e. The van der Waals surface area contributed by atoms with Gasteiger partial charge in [-0.25, -0.2) is 0 Å². The molecule has 0 radical (unpaired) electrons. The predicted octanol–water partition coefficient (Wildman–Crippen LogP) is 3.87. The summed E-state index contributed by atoms with van der Waals surface area (Å²) in [6.07, 6.45) is 4.62. The van der Waals surface area contributed by atoms with Gasteiger partial charge in [0.1, 0.15) is 16.0 Å². The molecule has 21 heavy (non-hydrogen) atoms. The summed E-state index contributed by atoms with van der Waals surface area (Å²) in [6, 6.07) is 3.90. The molecule has 2 rings (SSSR count). The number of rotatable bonds is 5. The van der Waals surface area contributed by atoms with Crippen LogP contribution in [0.4, 0.5) is 0 Å². The van der Waals surface area contributed by atoms with Crippen LogP contribution in [0.25, 0.3) is 0 Å². The lowest BCUT2D eigenvalue weighted by atomic mass is 10.1. The fraction of sp³-hybridized carbons (Fsp3) is 0.562. The average Bonchev–Trinajstić information content (AvgIpc) is 3.02. The standard InChI is InChI=1S/C16H22BrNO3/c1-4-18(12-7-5-6-8-12)16(19)11-9-13(20-2)15(17)14(10-11)21-3/h9-10,12H,4-8H2,1-3H3. The molecule has 1 aromatic carbocycles. The highest BCUT2D eigenvalue weighted by Gasteiger charge is 2.27. The first-order valence-corrected chi connectivity index (χ1v) is 8.14. The predicted molar refractivity (Wildman–Crippen MR) is 86.2 cm³/mol. The van der Waals surface area contributed by atoms with Crippen LogP contribution in [0.2, 0.25) is 0 Å². The number of halogens is 1. The van der Waals surface area contributed by atoms with E-state index in [2.05, 4.69) is 15.9 Å². The van der Waals surface area contributed by atoms with Gasteiger partial charge in [-0.3, -0.25) is 4.79 Å². The molecule has 0 bridgehead atoms. The van der Waals surface area contributed by atoms with Crippen molar-refractivity contribution in [2.24, 2.45) is 0 Å². The van der Waals surface area contributed by atoms with Crippen molar-refractivity contribution in [3.63, 3.8) is 0 Å². The van der Waals surface area contributed by atoms with E-state index in [1.165, 1.54) is 12.8 Å². The lowest BCUT2D eigenvalue weighted by Crippen LogP contribution is -2.38. The van der Waals surface area contributed by atoms with Gasteiger partial charge in [0.15, 0.2) is 0 Å². The second-order valence-electron chi connectivity index (χ2n) is 5.22. The molecule has 1 fully saturated rings. The summed E-state index contributed by atoms with van der Waals surface area (Å²) in [5.74, 6) is 1.27. The zero-order chi connectivity index (χ0) is 15.4. The Hall–Kier alpha value is -1.23. The van der Waals surface area contributed by atoms with Crippen LogP contribution in [-0.4, -0.2) is 37.6 Å². The first-order chi connectivity index (χ1) is 10.1. The maximum atomic E-state index is 12.8. The molecular weight excluding hydrogens is 334 g/mol. The summed E-state index contributed by atoms with van der Waals surface area (Å²) in [4.78, 5) is 14.8. The van der Waals surface area contributed by atoms with Crippen LogP contribution in [0.5, 0.6) is 11.5 Å². The van der Waals surface area contributed by atoms with E-state index in [1.54, 1.807) is 26.4 Å². The van der Waals surface area contributed by atoms with Gasteiger partial charge in [0.2, 0.25) is 0 Å². The fourth-order valence-corrected chi connectivity index (χ4v) is 3.49. The Morgan fingerprint density at radius 3 is 2.19 bits per heavy atom. The van der Waals surface area contributed by atoms with Gasteiger partial charge in [0.05, 0.1) is 14.2 Å². The van der Waals surface area contributed by atoms with E-state index in [9.17, 15) is 4.79 Å². The summed E-state index contributed by atoms with van der Waals surface area (Å²) in [5.41, 5.74) is 0.612. The molecule has 0 aromatic heterocycles. The number of nitrogens with zero attached hydrogens (tertiary/aromatic N) is 1. The third-order valence-corrected chi connectivity index (χ3v) is 4.84. The zero-order valence-electron chi connectivity index (χ0n) is 12.8. The Morgan fingerprint density at radius 2 is 1.76 bits per heavy atom. The molecule has 0 spiro atoms. The third-order valence-electron chi connectivity index (χ3n) is 4.06. The van der Waals surface area contributed by atoms with Gasteiger partial charge in [-0.2, -0.15) is 0 Å². The highest BCUT2D eigenvalue weighted by Crippen LogP contribution is 2.36. The number of amides is 1. The first kappa shape index (κ1) is 16.1. The minimum absolute atomic E-state index is 0.0495. The fourth-order valence-electron chi connectivity index (χ4n) is 2.94. The third kappa shape index (κ3) is 3.34. The van der Waals surface area contributed by atoms with E-state index in [-0.39, 0.29) is 5.91 Å². The van der Waals surface area contributed by atoms with Crippen molar-refractivity contribution in [3.05, 3.63) is 22.2 Å². The van der Waals surface area contributed by atoms with Crippen molar-refractivity contribution >= 4 is 21.8 Å². The molecule has 0 saturated heterocycles. The van der Waals surface area contributed by atoms with Gasteiger partial charge in [-0.1, -0.05) is 12.8 Å². The summed E-state index contributed by atoms with van der Waals surface area (Å²) in [7, 11) is 3.17. The van der Waals surface area contributed by atoms with Crippen molar-refractivity contribution in [1.29, 1.82) is 0 Å². The molecule has 1 aliphatic carbocycles. The Morgan fingerprint density at radius 1 is 1.24 bits per heavy atom. The summed E-state index contributed by atoms with van der Waals surface area (Å²) in [6.45, 7) is 2.76. The van der Waals surface area contributed by atoms with E-state index in [1.807, 2.05) is 11.8 Å². The molecule has 1 amide bonds. The summed E-state index contributed by atoms with van der Waals surface area (Å²) in [5, 5.41) is 0. The lowest BCUT2D eigenvalue weighted by Gasteiger charge is -2.28. The average molecular weight is 356 g/mol. The van der Waals surface area contributed by atoms with Crippen LogP contribution in [0, 0.1) is 0 Å². The molecule has 0 unspecified atom stereocenters. The zero-order valence-corrected chi connectivity index (χ0v) is 14.4. The number of carbonyl (C=O) groups excluding carboxylic acids is 1. The maximum absolute atomic E-state index is 12.8. The summed E-state index contributed by atoms with van der Waals surface area (Å²) < 4.78 is 11.4. The quantitative estimate of drug-likeness (QED) is 0.804. The van der Waals surface area contributed by atoms with E-state index < -0.39 is 0 Å². The molecule has 1 saturated carbocycles. The first-order valence-electron chi connectivity index (χ1n) is 7.34. The van der Waals surface area contributed by atoms with E-state index in [0.717, 1.165) is 23.9 Å². The number of hydrogen-bond acceptors (Lipinski definition) is 3. The van der Waals surface area contributed by atoms with Crippen LogP contribution < -0.4 is 9.47 Å². The van der Waals surface area contributed by atoms with Crippen LogP contribution in [0.3, 0.4) is 0 Å². The van der Waals surface area contributed by atoms with Gasteiger partial charge in [0.25, 0.3) is 5.91 Å². The van der Waals surface area contributed by atoms with Crippen LogP contribution in [-0.2, 0) is 0 Å². The molecular formula is C16H22BrNO3. The number of carbonyl (C=O) groups is 1. The minimum Gasteiger partial charge on any atom is -0.495 e. The van der Waals surface area contributed by atoms with Crippen molar-refractivity contribution < 1.29 is 14.3 Å². The number of hydrogen-bond donors (Lipinski definition) is 0. The van der Waals surface area contributed by atoms with Gasteiger partial charge in [0, 0.05) is 18.2 Å². The number of ether oxygens (including phenoxy) is 2. The molecule has 1 aliphatic rings. The van der Waals surface area contributed by atoms with Crippen LogP contribution in [0.1, 0.15) is 43.0 Å². The minimum atomic E-state index is 0.0495. The van der Waals surface area contributed by atoms with Gasteiger partial charge in [-0.05, 0) is 47.8 Å². The van der Waals surface area contributed by atoms with E-state index in [0.29, 0.717) is 23.1 Å². The second-order valence-corrected chi connectivity index (χ2v) is 6.02. The molecule has 0 atom stereocenters. The van der Waals surface area contributed by atoms with E-state index in [4.69, 9.17) is 9.47 Å². The van der Waals surface area contributed by atoms with Gasteiger partial charge < -0.3 is 14.4 Å². The van der Waals surface area contributed by atoms with E-state index >= 15 is 0 Å². The SMILES string of the molecule is CCN(C(=O)c1cc(OC)c(Br)c(OC)c1)C1CCCC1. The Kier molecular flexibility index (Phi) is 5.51. The highest BCUT2D eigenvalue weighted by atomic mass is 79.9. The smallest absolute Gasteiger partial charge is 0.254 e.